The van der Waals surface area contributed by atoms with E-state index in [9.17, 15) is 27.6 Å². The monoisotopic (exact) mass is 707 g/mol. The van der Waals surface area contributed by atoms with Crippen LogP contribution in [0.5, 0.6) is 0 Å². The largest absolute Gasteiger partial charge is 0.471 e. The van der Waals surface area contributed by atoms with Crippen LogP contribution in [0, 0.1) is 11.8 Å². The zero-order valence-corrected chi connectivity index (χ0v) is 28.9. The molecule has 0 saturated carbocycles. The van der Waals surface area contributed by atoms with Gasteiger partial charge in [0.25, 0.3) is 13.9 Å². The summed E-state index contributed by atoms with van der Waals surface area (Å²) in [6.07, 6.45) is -3.59. The number of aromatic amines is 1. The Hall–Kier alpha value is -3.26. The quantitative estimate of drug-likeness (QED) is 0.102. The number of aromatic nitrogens is 2. The highest BCUT2D eigenvalue weighted by molar-refractivity contribution is 8.76. The van der Waals surface area contributed by atoms with Gasteiger partial charge in [-0.3, -0.25) is 19.1 Å². The van der Waals surface area contributed by atoms with Gasteiger partial charge in [0.15, 0.2) is 0 Å². The second-order valence-corrected chi connectivity index (χ2v) is 18.5. The number of ether oxygens (including phenoxy) is 2. The number of H-pyrrole nitrogens is 1. The molecule has 252 valence electrons. The van der Waals surface area contributed by atoms with Gasteiger partial charge in [-0.25, -0.2) is 4.79 Å². The highest BCUT2D eigenvalue weighted by Crippen LogP contribution is 2.38. The Morgan fingerprint density at radius 3 is 2.26 bits per heavy atom. The summed E-state index contributed by atoms with van der Waals surface area (Å²) in [6.45, 7) is 6.00. The molecule has 2 N–H and O–H groups in total. The molecule has 15 heteroatoms. The third kappa shape index (κ3) is 8.81. The molecule has 4 rings (SSSR count). The molecular formula is C32H36F3N3O6S2Si. The zero-order valence-electron chi connectivity index (χ0n) is 26.3. The lowest BCUT2D eigenvalue weighted by atomic mass is 10.2. The summed E-state index contributed by atoms with van der Waals surface area (Å²) in [5.74, 6) is 2.95. The Bertz CT molecular complexity index is 1650. The van der Waals surface area contributed by atoms with Crippen LogP contribution in [-0.4, -0.2) is 67.5 Å². The van der Waals surface area contributed by atoms with Crippen LogP contribution in [0.4, 0.5) is 13.2 Å². The van der Waals surface area contributed by atoms with E-state index in [0.29, 0.717) is 5.94 Å². The number of hydrogen-bond acceptors (Lipinski definition) is 8. The summed E-state index contributed by atoms with van der Waals surface area (Å²) in [5, 5.41) is 3.51. The van der Waals surface area contributed by atoms with Gasteiger partial charge in [0, 0.05) is 12.6 Å². The van der Waals surface area contributed by atoms with Crippen LogP contribution in [0.3, 0.4) is 0 Å². The second kappa shape index (κ2) is 15.8. The molecule has 1 amide bonds. The van der Waals surface area contributed by atoms with Crippen molar-refractivity contribution >= 4 is 46.2 Å². The lowest BCUT2D eigenvalue weighted by molar-refractivity contribution is -0.173. The van der Waals surface area contributed by atoms with Gasteiger partial charge in [-0.1, -0.05) is 115 Å². The van der Waals surface area contributed by atoms with Crippen molar-refractivity contribution in [3.8, 4) is 11.8 Å². The van der Waals surface area contributed by atoms with Crippen molar-refractivity contribution in [2.45, 2.75) is 56.8 Å². The summed E-state index contributed by atoms with van der Waals surface area (Å²) < 4.78 is 58.3. The van der Waals surface area contributed by atoms with Crippen LogP contribution in [0.15, 0.2) is 76.4 Å². The highest BCUT2D eigenvalue weighted by Gasteiger charge is 2.51. The number of nitrogens with zero attached hydrogens (tertiary/aromatic N) is 1. The zero-order chi connectivity index (χ0) is 34.2. The number of alkyl halides is 3. The van der Waals surface area contributed by atoms with Crippen molar-refractivity contribution in [2.75, 3.05) is 25.3 Å². The van der Waals surface area contributed by atoms with Gasteiger partial charge in [-0.05, 0) is 21.7 Å². The fourth-order valence-corrected chi connectivity index (χ4v) is 10.8. The third-order valence-electron chi connectivity index (χ3n) is 7.61. The molecule has 1 fully saturated rings. The van der Waals surface area contributed by atoms with Crippen LogP contribution >= 0.6 is 21.6 Å². The SMILES string of the molecule is CSSCO[C@@H]1C[C@H](n2cc(C#CCNC(=O)C(F)(F)F)c(=O)[nH]c2=O)O[C@@H]1CO[Si](c1ccccc1)(c1ccccc1)C(C)(C)C. The fourth-order valence-electron chi connectivity index (χ4n) is 5.48. The van der Waals surface area contributed by atoms with Crippen molar-refractivity contribution in [1.29, 1.82) is 0 Å². The molecule has 0 radical (unpaired) electrons. The first-order chi connectivity index (χ1) is 22.3. The van der Waals surface area contributed by atoms with E-state index >= 15 is 0 Å². The standard InChI is InChI=1S/C32H36F3N3O6S2Si/c1-31(2,3)47(23-13-7-5-8-14-23,24-15-9-6-10-16-24)43-20-26-25(42-21-46-45-4)18-27(44-26)38-19-22(28(39)37-30(38)41)12-11-17-36-29(40)32(33,34)35/h5-10,13-16,19,25-27H,17-18,20-21H2,1-4H3,(H,36,40)(H,37,39,41)/t25-,26-,27-/m1/s1. The van der Waals surface area contributed by atoms with E-state index < -0.39 is 56.6 Å². The first-order valence-electron chi connectivity index (χ1n) is 14.6. The number of hydrogen-bond donors (Lipinski definition) is 2. The molecule has 2 aromatic carbocycles. The van der Waals surface area contributed by atoms with E-state index in [2.05, 4.69) is 61.9 Å². The van der Waals surface area contributed by atoms with Gasteiger partial charge < -0.3 is 19.2 Å². The fraction of sp³-hybridized carbons (Fsp3) is 0.406. The van der Waals surface area contributed by atoms with E-state index in [0.717, 1.165) is 10.4 Å². The van der Waals surface area contributed by atoms with Crippen molar-refractivity contribution in [2.24, 2.45) is 0 Å². The van der Waals surface area contributed by atoms with Gasteiger partial charge in [0.2, 0.25) is 0 Å². The summed E-state index contributed by atoms with van der Waals surface area (Å²) in [7, 11) is 0.124. The maximum absolute atomic E-state index is 12.9. The summed E-state index contributed by atoms with van der Waals surface area (Å²) in [6, 6.07) is 20.3. The van der Waals surface area contributed by atoms with Gasteiger partial charge in [0.05, 0.1) is 19.3 Å². The van der Waals surface area contributed by atoms with E-state index in [1.165, 1.54) is 21.6 Å². The number of nitrogens with one attached hydrogen (secondary N) is 2. The first kappa shape index (κ1) is 36.6. The summed E-state index contributed by atoms with van der Waals surface area (Å²) >= 11 is 0. The third-order valence-corrected chi connectivity index (χ3v) is 14.1. The second-order valence-electron chi connectivity index (χ2n) is 11.6. The average molecular weight is 708 g/mol. The molecule has 1 saturated heterocycles. The van der Waals surface area contributed by atoms with Gasteiger partial charge in [-0.2, -0.15) is 13.2 Å². The molecule has 2 heterocycles. The molecular weight excluding hydrogens is 672 g/mol. The smallest absolute Gasteiger partial charge is 0.405 e. The van der Waals surface area contributed by atoms with E-state index in [1.54, 1.807) is 16.1 Å². The molecule has 1 aliphatic heterocycles. The van der Waals surface area contributed by atoms with Gasteiger partial charge in [0.1, 0.15) is 23.8 Å². The van der Waals surface area contributed by atoms with E-state index in [-0.39, 0.29) is 23.6 Å². The van der Waals surface area contributed by atoms with Gasteiger partial charge >= 0.3 is 17.8 Å². The molecule has 0 unspecified atom stereocenters. The molecule has 1 aromatic heterocycles. The summed E-state index contributed by atoms with van der Waals surface area (Å²) in [5.41, 5.74) is -1.76. The molecule has 1 aliphatic rings. The molecule has 9 nitrogen and oxygen atoms in total. The van der Waals surface area contributed by atoms with Crippen LogP contribution in [-0.2, 0) is 18.7 Å². The summed E-state index contributed by atoms with van der Waals surface area (Å²) in [4.78, 5) is 38.6. The Morgan fingerprint density at radius 2 is 1.70 bits per heavy atom. The molecule has 3 aromatic rings. The predicted octanol–water partition coefficient (Wildman–Crippen LogP) is 3.78. The minimum Gasteiger partial charge on any atom is -0.405 e. The topological polar surface area (TPSA) is 112 Å². The predicted molar refractivity (Wildman–Crippen MR) is 180 cm³/mol. The number of halogens is 3. The number of amides is 1. The first-order valence-corrected chi connectivity index (χ1v) is 19.3. The number of carbonyl (C=O) groups is 1. The van der Waals surface area contributed by atoms with Crippen LogP contribution in [0.2, 0.25) is 5.04 Å². The van der Waals surface area contributed by atoms with Crippen molar-refractivity contribution < 1.29 is 31.9 Å². The average Bonchev–Trinajstić information content (AvgIpc) is 3.42. The van der Waals surface area contributed by atoms with Crippen molar-refractivity contribution in [3.05, 3.63) is 93.3 Å². The van der Waals surface area contributed by atoms with Crippen LogP contribution in [0.1, 0.15) is 39.0 Å². The molecule has 0 bridgehead atoms. The lowest BCUT2D eigenvalue weighted by Gasteiger charge is -2.43. The minimum atomic E-state index is -5.06. The molecule has 0 aliphatic carbocycles. The van der Waals surface area contributed by atoms with E-state index in [4.69, 9.17) is 13.9 Å². The Kier molecular flexibility index (Phi) is 12.3. The maximum Gasteiger partial charge on any atom is 0.471 e. The lowest BCUT2D eigenvalue weighted by Crippen LogP contribution is -2.67. The molecule has 0 spiro atoms. The number of benzene rings is 2. The number of rotatable bonds is 11. The van der Waals surface area contributed by atoms with E-state index in [1.807, 2.05) is 42.7 Å². The number of carbonyl (C=O) groups excluding carboxylic acids is 1. The van der Waals surface area contributed by atoms with Gasteiger partial charge in [-0.15, -0.1) is 0 Å². The van der Waals surface area contributed by atoms with Crippen LogP contribution < -0.4 is 26.9 Å². The Labute approximate surface area is 279 Å². The van der Waals surface area contributed by atoms with Crippen molar-refractivity contribution in [3.63, 3.8) is 0 Å². The molecule has 47 heavy (non-hydrogen) atoms. The maximum atomic E-state index is 12.9. The minimum absolute atomic E-state index is 0.155. The molecule has 3 atom stereocenters. The van der Waals surface area contributed by atoms with Crippen molar-refractivity contribution in [1.82, 2.24) is 14.9 Å². The highest BCUT2D eigenvalue weighted by atomic mass is 33.1. The Morgan fingerprint density at radius 1 is 1.09 bits per heavy atom. The Balaban J connectivity index is 1.63. The van der Waals surface area contributed by atoms with Crippen LogP contribution in [0.25, 0.3) is 0 Å². The normalized spacial score (nSPS) is 18.4.